The van der Waals surface area contributed by atoms with Gasteiger partial charge in [-0.15, -0.1) is 0 Å². The van der Waals surface area contributed by atoms with E-state index in [2.05, 4.69) is 52.0 Å². The van der Waals surface area contributed by atoms with Gasteiger partial charge in [0.25, 0.3) is 0 Å². The summed E-state index contributed by atoms with van der Waals surface area (Å²) < 4.78 is 11.4. The van der Waals surface area contributed by atoms with E-state index in [1.165, 1.54) is 12.0 Å². The zero-order valence-corrected chi connectivity index (χ0v) is 14.6. The molecule has 1 fully saturated rings. The fourth-order valence-electron chi connectivity index (χ4n) is 2.29. The number of rotatable bonds is 3. The number of ether oxygens (including phenoxy) is 2. The smallest absolute Gasteiger partial charge is 0.199 e. The van der Waals surface area contributed by atoms with Crippen LogP contribution in [0.5, 0.6) is 5.75 Å². The lowest BCUT2D eigenvalue weighted by Gasteiger charge is -2.28. The topological polar surface area (TPSA) is 18.5 Å². The molecular formula is C19H32O2. The molecule has 1 heterocycles. The molecule has 0 amide bonds. The fraction of sp³-hybridized carbons (Fsp3) is 0.684. The first-order chi connectivity index (χ1) is 9.97. The third kappa shape index (κ3) is 5.70. The summed E-state index contributed by atoms with van der Waals surface area (Å²) in [5, 5.41) is 0. The van der Waals surface area contributed by atoms with E-state index in [1.54, 1.807) is 0 Å². The number of benzene rings is 1. The van der Waals surface area contributed by atoms with Crippen molar-refractivity contribution in [3.8, 4) is 5.75 Å². The van der Waals surface area contributed by atoms with Gasteiger partial charge in [-0.1, -0.05) is 53.7 Å². The van der Waals surface area contributed by atoms with Crippen LogP contribution in [0.25, 0.3) is 0 Å². The van der Waals surface area contributed by atoms with Crippen molar-refractivity contribution in [3.05, 3.63) is 29.8 Å². The Balaban J connectivity index is 0.00000106. The maximum absolute atomic E-state index is 5.85. The van der Waals surface area contributed by atoms with Crippen LogP contribution in [-0.2, 0) is 4.74 Å². The Bertz CT molecular complexity index is 383. The summed E-state index contributed by atoms with van der Waals surface area (Å²) >= 11 is 0. The molecule has 2 atom stereocenters. The molecule has 0 saturated carbocycles. The Kier molecular flexibility index (Phi) is 7.24. The lowest BCUT2D eigenvalue weighted by atomic mass is 9.78. The Morgan fingerprint density at radius 1 is 1.10 bits per heavy atom. The van der Waals surface area contributed by atoms with Gasteiger partial charge in [0.15, 0.2) is 6.29 Å². The Labute approximate surface area is 130 Å². The standard InChI is InChI=1S/C17H26O2.C2H6/c1-13(17(2,3)4)14-8-10-15(11-9-14)19-16-7-5-6-12-18-16;1-2/h8-11,13,16H,5-7,12H2,1-4H3;1-2H3. The van der Waals surface area contributed by atoms with Crippen molar-refractivity contribution in [2.75, 3.05) is 6.61 Å². The predicted octanol–water partition coefficient (Wildman–Crippen LogP) is 5.77. The van der Waals surface area contributed by atoms with Gasteiger partial charge in [-0.25, -0.2) is 0 Å². The predicted molar refractivity (Wildman–Crippen MR) is 89.9 cm³/mol. The second kappa shape index (κ2) is 8.43. The molecule has 0 N–H and O–H groups in total. The monoisotopic (exact) mass is 292 g/mol. The lowest BCUT2D eigenvalue weighted by Crippen LogP contribution is -2.25. The van der Waals surface area contributed by atoms with Crippen LogP contribution in [-0.4, -0.2) is 12.9 Å². The first-order valence-corrected chi connectivity index (χ1v) is 8.35. The summed E-state index contributed by atoms with van der Waals surface area (Å²) in [5.74, 6) is 1.45. The Morgan fingerprint density at radius 2 is 1.71 bits per heavy atom. The van der Waals surface area contributed by atoms with Crippen LogP contribution in [0.3, 0.4) is 0 Å². The van der Waals surface area contributed by atoms with Gasteiger partial charge in [0.2, 0.25) is 0 Å². The van der Waals surface area contributed by atoms with E-state index in [0.717, 1.165) is 25.2 Å². The van der Waals surface area contributed by atoms with E-state index in [0.29, 0.717) is 5.92 Å². The molecule has 1 aliphatic rings. The first-order valence-electron chi connectivity index (χ1n) is 8.35. The molecule has 0 radical (unpaired) electrons. The molecule has 0 aromatic heterocycles. The minimum absolute atomic E-state index is 0.0559. The second-order valence-corrected chi connectivity index (χ2v) is 6.57. The summed E-state index contributed by atoms with van der Waals surface area (Å²) in [6, 6.07) is 8.48. The normalized spacial score (nSPS) is 20.2. The third-order valence-electron chi connectivity index (χ3n) is 4.08. The van der Waals surface area contributed by atoms with Crippen molar-refractivity contribution in [2.24, 2.45) is 5.41 Å². The van der Waals surface area contributed by atoms with Crippen molar-refractivity contribution in [3.63, 3.8) is 0 Å². The van der Waals surface area contributed by atoms with Gasteiger partial charge < -0.3 is 9.47 Å². The summed E-state index contributed by atoms with van der Waals surface area (Å²) in [4.78, 5) is 0. The molecule has 0 bridgehead atoms. The van der Waals surface area contributed by atoms with Gasteiger partial charge in [0, 0.05) is 6.42 Å². The molecule has 0 aliphatic carbocycles. The molecule has 2 unspecified atom stereocenters. The van der Waals surface area contributed by atoms with Crippen molar-refractivity contribution >= 4 is 0 Å². The van der Waals surface area contributed by atoms with Crippen LogP contribution in [0.1, 0.15) is 72.3 Å². The molecule has 1 saturated heterocycles. The number of hydrogen-bond acceptors (Lipinski definition) is 2. The average Bonchev–Trinajstić information content (AvgIpc) is 2.49. The molecule has 2 heteroatoms. The minimum atomic E-state index is -0.0559. The van der Waals surface area contributed by atoms with Gasteiger partial charge in [0.1, 0.15) is 5.75 Å². The maximum atomic E-state index is 5.85. The third-order valence-corrected chi connectivity index (χ3v) is 4.08. The number of hydrogen-bond donors (Lipinski definition) is 0. The average molecular weight is 292 g/mol. The van der Waals surface area contributed by atoms with Crippen LogP contribution in [0.15, 0.2) is 24.3 Å². The van der Waals surface area contributed by atoms with E-state index in [-0.39, 0.29) is 11.7 Å². The summed E-state index contributed by atoms with van der Waals surface area (Å²) in [5.41, 5.74) is 1.65. The maximum Gasteiger partial charge on any atom is 0.199 e. The quantitative estimate of drug-likeness (QED) is 0.704. The summed E-state index contributed by atoms with van der Waals surface area (Å²) in [7, 11) is 0. The molecule has 120 valence electrons. The van der Waals surface area contributed by atoms with E-state index < -0.39 is 0 Å². The van der Waals surface area contributed by atoms with Crippen LogP contribution in [0, 0.1) is 5.41 Å². The summed E-state index contributed by atoms with van der Waals surface area (Å²) in [6.07, 6.45) is 3.30. The Morgan fingerprint density at radius 3 is 2.19 bits per heavy atom. The van der Waals surface area contributed by atoms with Crippen molar-refractivity contribution in [1.82, 2.24) is 0 Å². The SMILES string of the molecule is CC.CC(c1ccc(OC2CCCCO2)cc1)C(C)(C)C. The molecule has 1 aromatic rings. The fourth-order valence-corrected chi connectivity index (χ4v) is 2.29. The van der Waals surface area contributed by atoms with Crippen LogP contribution >= 0.6 is 0 Å². The molecule has 1 aliphatic heterocycles. The lowest BCUT2D eigenvalue weighted by molar-refractivity contribution is -0.105. The first kappa shape index (κ1) is 18.0. The van der Waals surface area contributed by atoms with Gasteiger partial charge in [-0.05, 0) is 41.9 Å². The molecule has 2 rings (SSSR count). The molecule has 21 heavy (non-hydrogen) atoms. The Hall–Kier alpha value is -1.02. The molecule has 0 spiro atoms. The zero-order chi connectivity index (χ0) is 15.9. The highest BCUT2D eigenvalue weighted by atomic mass is 16.7. The van der Waals surface area contributed by atoms with Gasteiger partial charge >= 0.3 is 0 Å². The van der Waals surface area contributed by atoms with Gasteiger partial charge in [-0.2, -0.15) is 0 Å². The van der Waals surface area contributed by atoms with Gasteiger partial charge in [0.05, 0.1) is 6.61 Å². The highest BCUT2D eigenvalue weighted by Gasteiger charge is 2.21. The second-order valence-electron chi connectivity index (χ2n) is 6.57. The van der Waals surface area contributed by atoms with E-state index in [4.69, 9.17) is 9.47 Å². The largest absolute Gasteiger partial charge is 0.465 e. The zero-order valence-electron chi connectivity index (χ0n) is 14.6. The summed E-state index contributed by atoms with van der Waals surface area (Å²) in [6.45, 7) is 13.9. The van der Waals surface area contributed by atoms with E-state index in [1.807, 2.05) is 13.8 Å². The van der Waals surface area contributed by atoms with Crippen molar-refractivity contribution < 1.29 is 9.47 Å². The molecule has 2 nitrogen and oxygen atoms in total. The van der Waals surface area contributed by atoms with E-state index in [9.17, 15) is 0 Å². The molecular weight excluding hydrogens is 260 g/mol. The highest BCUT2D eigenvalue weighted by Crippen LogP contribution is 2.35. The minimum Gasteiger partial charge on any atom is -0.465 e. The van der Waals surface area contributed by atoms with Crippen LogP contribution < -0.4 is 4.74 Å². The van der Waals surface area contributed by atoms with Crippen LogP contribution in [0.2, 0.25) is 0 Å². The van der Waals surface area contributed by atoms with E-state index >= 15 is 0 Å². The van der Waals surface area contributed by atoms with Gasteiger partial charge in [-0.3, -0.25) is 0 Å². The highest BCUT2D eigenvalue weighted by molar-refractivity contribution is 5.30. The van der Waals surface area contributed by atoms with Crippen LogP contribution in [0.4, 0.5) is 0 Å². The van der Waals surface area contributed by atoms with Crippen molar-refractivity contribution in [2.45, 2.75) is 73.0 Å². The molecule has 1 aromatic carbocycles. The van der Waals surface area contributed by atoms with Crippen molar-refractivity contribution in [1.29, 1.82) is 0 Å².